The molecule has 8 nitrogen and oxygen atoms in total. The van der Waals surface area contributed by atoms with Crippen LogP contribution < -0.4 is 11.5 Å². The Balaban J connectivity index is 1.38. The molecular formula is C37H42N6O2. The van der Waals surface area contributed by atoms with Crippen molar-refractivity contribution in [1.29, 1.82) is 0 Å². The van der Waals surface area contributed by atoms with Crippen LogP contribution in [0.25, 0.3) is 11.1 Å². The van der Waals surface area contributed by atoms with Gasteiger partial charge in [-0.25, -0.2) is 4.79 Å². The quantitative estimate of drug-likeness (QED) is 0.117. The van der Waals surface area contributed by atoms with Crippen molar-refractivity contribution >= 4 is 17.9 Å². The summed E-state index contributed by atoms with van der Waals surface area (Å²) in [5, 5.41) is 0. The van der Waals surface area contributed by atoms with Crippen LogP contribution >= 0.6 is 0 Å². The number of benzene rings is 4. The van der Waals surface area contributed by atoms with Gasteiger partial charge in [0.2, 0.25) is 5.91 Å². The third-order valence-electron chi connectivity index (χ3n) is 8.32. The Kier molecular flexibility index (Phi) is 10.5. The van der Waals surface area contributed by atoms with E-state index in [1.54, 1.807) is 4.90 Å². The first kappa shape index (κ1) is 31.3. The molecule has 1 fully saturated rings. The van der Waals surface area contributed by atoms with Gasteiger partial charge in [-0.05, 0) is 47.6 Å². The molecule has 0 aliphatic carbocycles. The molecule has 1 aliphatic heterocycles. The van der Waals surface area contributed by atoms with Crippen molar-refractivity contribution in [3.63, 3.8) is 0 Å². The summed E-state index contributed by atoms with van der Waals surface area (Å²) in [5.74, 6) is -0.0645. The molecular weight excluding hydrogens is 560 g/mol. The van der Waals surface area contributed by atoms with E-state index in [2.05, 4.69) is 41.4 Å². The number of amides is 3. The van der Waals surface area contributed by atoms with Crippen LogP contribution in [0.15, 0.2) is 120 Å². The van der Waals surface area contributed by atoms with E-state index in [9.17, 15) is 9.59 Å². The summed E-state index contributed by atoms with van der Waals surface area (Å²) in [5.41, 5.74) is 16.5. The lowest BCUT2D eigenvalue weighted by molar-refractivity contribution is -0.137. The minimum absolute atomic E-state index is 0.0167. The minimum Gasteiger partial charge on any atom is -0.370 e. The summed E-state index contributed by atoms with van der Waals surface area (Å²) in [6, 6.07) is 37.6. The molecule has 1 atom stereocenters. The van der Waals surface area contributed by atoms with Gasteiger partial charge in [0, 0.05) is 32.7 Å². The number of urea groups is 1. The number of nitrogens with zero attached hydrogens (tertiary/aromatic N) is 4. The van der Waals surface area contributed by atoms with Gasteiger partial charge in [0.05, 0.1) is 6.04 Å². The topological polar surface area (TPSA) is 108 Å². The van der Waals surface area contributed by atoms with Gasteiger partial charge < -0.3 is 26.2 Å². The summed E-state index contributed by atoms with van der Waals surface area (Å²) in [4.78, 5) is 38.1. The van der Waals surface area contributed by atoms with Crippen LogP contribution in [0.5, 0.6) is 0 Å². The second-order valence-corrected chi connectivity index (χ2v) is 11.3. The van der Waals surface area contributed by atoms with Crippen molar-refractivity contribution in [3.8, 4) is 11.1 Å². The zero-order valence-corrected chi connectivity index (χ0v) is 25.8. The van der Waals surface area contributed by atoms with Gasteiger partial charge in [-0.2, -0.15) is 0 Å². The number of aliphatic imine (C=N–C) groups is 1. The van der Waals surface area contributed by atoms with Crippen LogP contribution in [-0.4, -0.2) is 64.8 Å². The SMILES string of the molecule is CCN(C(=O)C(CCCN=C(N)N)N1CCN(Cc2ccc(-c3ccccc3)cc2)C1=O)C(c1ccccc1)c1ccccc1. The van der Waals surface area contributed by atoms with Gasteiger partial charge in [-0.1, -0.05) is 115 Å². The van der Waals surface area contributed by atoms with Crippen LogP contribution in [0.3, 0.4) is 0 Å². The molecule has 4 aromatic carbocycles. The third kappa shape index (κ3) is 7.70. The maximum Gasteiger partial charge on any atom is 0.321 e. The lowest BCUT2D eigenvalue weighted by atomic mass is 9.95. The number of likely N-dealkylation sites (N-methyl/N-ethyl adjacent to an activating group) is 1. The van der Waals surface area contributed by atoms with Gasteiger partial charge in [-0.15, -0.1) is 0 Å². The molecule has 0 spiro atoms. The Morgan fingerprint density at radius 2 is 1.36 bits per heavy atom. The second-order valence-electron chi connectivity index (χ2n) is 11.3. The van der Waals surface area contributed by atoms with Crippen molar-refractivity contribution in [2.75, 3.05) is 26.2 Å². The molecule has 0 radical (unpaired) electrons. The van der Waals surface area contributed by atoms with Crippen molar-refractivity contribution in [3.05, 3.63) is 132 Å². The lowest BCUT2D eigenvalue weighted by Gasteiger charge is -2.37. The van der Waals surface area contributed by atoms with E-state index in [1.807, 2.05) is 95.6 Å². The van der Waals surface area contributed by atoms with E-state index in [4.69, 9.17) is 11.5 Å². The first-order chi connectivity index (χ1) is 22.0. The Bertz CT molecular complexity index is 1520. The first-order valence-electron chi connectivity index (χ1n) is 15.6. The Morgan fingerprint density at radius 1 is 0.800 bits per heavy atom. The zero-order chi connectivity index (χ0) is 31.6. The first-order valence-corrected chi connectivity index (χ1v) is 15.6. The van der Waals surface area contributed by atoms with E-state index >= 15 is 0 Å². The molecule has 8 heteroatoms. The largest absolute Gasteiger partial charge is 0.370 e. The Hall–Kier alpha value is -5.11. The highest BCUT2D eigenvalue weighted by Crippen LogP contribution is 2.31. The molecule has 0 aromatic heterocycles. The number of nitrogens with two attached hydrogens (primary N) is 2. The van der Waals surface area contributed by atoms with E-state index in [0.717, 1.165) is 27.8 Å². The summed E-state index contributed by atoms with van der Waals surface area (Å²) < 4.78 is 0. The van der Waals surface area contributed by atoms with E-state index in [0.29, 0.717) is 45.6 Å². The standard InChI is InChI=1S/C37H42N6O2/c1-2-42(34(31-15-8-4-9-16-31)32-17-10-5-11-18-32)35(44)33(19-12-24-40-36(38)39)43-26-25-41(37(43)45)27-28-20-22-30(23-21-28)29-13-6-3-7-14-29/h3-11,13-18,20-23,33-34H,2,12,19,24-27H2,1H3,(H4,38,39,40). The van der Waals surface area contributed by atoms with Crippen LogP contribution in [0, 0.1) is 0 Å². The monoisotopic (exact) mass is 602 g/mol. The highest BCUT2D eigenvalue weighted by molar-refractivity contribution is 5.88. The number of carbonyl (C=O) groups excluding carboxylic acids is 2. The average Bonchev–Trinajstić information content (AvgIpc) is 3.43. The van der Waals surface area contributed by atoms with Crippen LogP contribution in [-0.2, 0) is 11.3 Å². The molecule has 4 aromatic rings. The van der Waals surface area contributed by atoms with Gasteiger partial charge in [-0.3, -0.25) is 9.79 Å². The molecule has 1 unspecified atom stereocenters. The highest BCUT2D eigenvalue weighted by atomic mass is 16.2. The van der Waals surface area contributed by atoms with E-state index in [1.165, 1.54) is 0 Å². The molecule has 0 saturated carbocycles. The van der Waals surface area contributed by atoms with Gasteiger partial charge in [0.1, 0.15) is 6.04 Å². The van der Waals surface area contributed by atoms with Crippen LogP contribution in [0.1, 0.15) is 42.5 Å². The summed E-state index contributed by atoms with van der Waals surface area (Å²) in [6.45, 7) is 4.36. The molecule has 0 bridgehead atoms. The fourth-order valence-corrected chi connectivity index (χ4v) is 6.08. The molecule has 45 heavy (non-hydrogen) atoms. The molecule has 1 saturated heterocycles. The third-order valence-corrected chi connectivity index (χ3v) is 8.32. The van der Waals surface area contributed by atoms with E-state index < -0.39 is 6.04 Å². The van der Waals surface area contributed by atoms with Crippen molar-refractivity contribution in [1.82, 2.24) is 14.7 Å². The number of hydrogen-bond acceptors (Lipinski definition) is 3. The van der Waals surface area contributed by atoms with Crippen molar-refractivity contribution < 1.29 is 9.59 Å². The highest BCUT2D eigenvalue weighted by Gasteiger charge is 2.40. The van der Waals surface area contributed by atoms with Crippen LogP contribution in [0.2, 0.25) is 0 Å². The number of carbonyl (C=O) groups is 2. The average molecular weight is 603 g/mol. The predicted octanol–water partition coefficient (Wildman–Crippen LogP) is 5.65. The van der Waals surface area contributed by atoms with Gasteiger partial charge >= 0.3 is 6.03 Å². The fraction of sp³-hybridized carbons (Fsp3) is 0.270. The Labute approximate surface area is 266 Å². The fourth-order valence-electron chi connectivity index (χ4n) is 6.08. The Morgan fingerprint density at radius 3 is 1.91 bits per heavy atom. The maximum absolute atomic E-state index is 14.6. The molecule has 3 amide bonds. The van der Waals surface area contributed by atoms with Gasteiger partial charge in [0.25, 0.3) is 0 Å². The molecule has 1 aliphatic rings. The maximum atomic E-state index is 14.6. The molecule has 5 rings (SSSR count). The zero-order valence-electron chi connectivity index (χ0n) is 25.8. The number of hydrogen-bond donors (Lipinski definition) is 2. The lowest BCUT2D eigenvalue weighted by Crippen LogP contribution is -2.51. The predicted molar refractivity (Wildman–Crippen MR) is 180 cm³/mol. The number of rotatable bonds is 13. The molecule has 1 heterocycles. The smallest absolute Gasteiger partial charge is 0.321 e. The number of guanidine groups is 1. The van der Waals surface area contributed by atoms with Crippen molar-refractivity contribution in [2.24, 2.45) is 16.5 Å². The molecule has 4 N–H and O–H groups in total. The normalized spacial score (nSPS) is 13.6. The van der Waals surface area contributed by atoms with Crippen molar-refractivity contribution in [2.45, 2.75) is 38.4 Å². The van der Waals surface area contributed by atoms with E-state index in [-0.39, 0.29) is 23.9 Å². The van der Waals surface area contributed by atoms with Gasteiger partial charge in [0.15, 0.2) is 5.96 Å². The van der Waals surface area contributed by atoms with Crippen LogP contribution in [0.4, 0.5) is 4.79 Å². The summed E-state index contributed by atoms with van der Waals surface area (Å²) >= 11 is 0. The minimum atomic E-state index is -0.646. The second kappa shape index (κ2) is 15.1. The molecule has 232 valence electrons. The summed E-state index contributed by atoms with van der Waals surface area (Å²) in [7, 11) is 0. The summed E-state index contributed by atoms with van der Waals surface area (Å²) in [6.07, 6.45) is 1.02.